The summed E-state index contributed by atoms with van der Waals surface area (Å²) in [5, 5.41) is 0. The van der Waals surface area contributed by atoms with Crippen LogP contribution in [0.1, 0.15) is 54.9 Å². The molecule has 1 aliphatic rings. The van der Waals surface area contributed by atoms with E-state index in [1.165, 1.54) is 23.8 Å². The Morgan fingerprint density at radius 1 is 1.17 bits per heavy atom. The van der Waals surface area contributed by atoms with Crippen molar-refractivity contribution in [3.8, 4) is 0 Å². The fraction of sp³-hybridized carbons (Fsp3) is 0.429. The zero-order chi connectivity index (χ0) is 21.2. The van der Waals surface area contributed by atoms with Gasteiger partial charge in [-0.25, -0.2) is 4.79 Å². The molecule has 8 heteroatoms. The average Bonchev–Trinajstić information content (AvgIpc) is 2.98. The highest BCUT2D eigenvalue weighted by atomic mass is 32.2. The number of thiocarbonyl (C=S) groups is 1. The van der Waals surface area contributed by atoms with Crippen LogP contribution < -0.4 is 0 Å². The van der Waals surface area contributed by atoms with Crippen molar-refractivity contribution in [3.63, 3.8) is 0 Å². The Bertz CT molecular complexity index is 789. The molecule has 2 rings (SSSR count). The molecule has 1 fully saturated rings. The first-order chi connectivity index (χ1) is 14.0. The van der Waals surface area contributed by atoms with Crippen molar-refractivity contribution in [2.45, 2.75) is 39.0 Å². The largest absolute Gasteiger partial charge is 0.466 e. The summed E-state index contributed by atoms with van der Waals surface area (Å²) in [4.78, 5) is 37.9. The minimum absolute atomic E-state index is 0.173. The third-order valence-electron chi connectivity index (χ3n) is 4.28. The van der Waals surface area contributed by atoms with E-state index in [0.717, 1.165) is 24.8 Å². The SMILES string of the molecule is CCCCCOC(=O)CCCN1C(=O)C(=Cc2ccc(C(=O)OC)cc2)SC1=S. The van der Waals surface area contributed by atoms with Crippen molar-refractivity contribution < 1.29 is 23.9 Å². The summed E-state index contributed by atoms with van der Waals surface area (Å²) in [6.45, 7) is 2.93. The van der Waals surface area contributed by atoms with Gasteiger partial charge in [0.05, 0.1) is 24.2 Å². The van der Waals surface area contributed by atoms with Gasteiger partial charge in [0.15, 0.2) is 0 Å². The topological polar surface area (TPSA) is 72.9 Å². The highest BCUT2D eigenvalue weighted by Crippen LogP contribution is 2.32. The van der Waals surface area contributed by atoms with Crippen LogP contribution in [0, 0.1) is 0 Å². The van der Waals surface area contributed by atoms with Crippen molar-refractivity contribution in [1.29, 1.82) is 0 Å². The number of carbonyl (C=O) groups excluding carboxylic acids is 3. The van der Waals surface area contributed by atoms with Crippen molar-refractivity contribution >= 4 is 52.2 Å². The van der Waals surface area contributed by atoms with E-state index in [1.807, 2.05) is 0 Å². The minimum atomic E-state index is -0.410. The Kier molecular flexibility index (Phi) is 9.34. The lowest BCUT2D eigenvalue weighted by atomic mass is 10.1. The lowest BCUT2D eigenvalue weighted by molar-refractivity contribution is -0.144. The molecule has 1 aromatic carbocycles. The predicted octanol–water partition coefficient (Wildman–Crippen LogP) is 4.19. The van der Waals surface area contributed by atoms with Gasteiger partial charge in [-0.05, 0) is 36.6 Å². The van der Waals surface area contributed by atoms with Crippen LogP contribution in [0.25, 0.3) is 6.08 Å². The van der Waals surface area contributed by atoms with E-state index in [2.05, 4.69) is 11.7 Å². The maximum Gasteiger partial charge on any atom is 0.337 e. The predicted molar refractivity (Wildman–Crippen MR) is 117 cm³/mol. The van der Waals surface area contributed by atoms with Crippen molar-refractivity contribution in [2.75, 3.05) is 20.3 Å². The summed E-state index contributed by atoms with van der Waals surface area (Å²) < 4.78 is 10.3. The number of ether oxygens (including phenoxy) is 2. The van der Waals surface area contributed by atoms with E-state index in [0.29, 0.717) is 34.4 Å². The summed E-state index contributed by atoms with van der Waals surface area (Å²) in [5.74, 6) is -0.826. The standard InChI is InChI=1S/C21H25NO5S2/c1-3-4-5-13-27-18(23)7-6-12-22-19(24)17(29-21(22)28)14-15-8-10-16(11-9-15)20(25)26-2/h8-11,14H,3-7,12-13H2,1-2H3. The lowest BCUT2D eigenvalue weighted by Gasteiger charge is -2.13. The number of hydrogen-bond donors (Lipinski definition) is 0. The van der Waals surface area contributed by atoms with E-state index in [9.17, 15) is 14.4 Å². The second kappa shape index (κ2) is 11.7. The number of hydrogen-bond acceptors (Lipinski definition) is 7. The van der Waals surface area contributed by atoms with Crippen molar-refractivity contribution in [1.82, 2.24) is 4.90 Å². The number of esters is 2. The van der Waals surface area contributed by atoms with Crippen LogP contribution in [0.5, 0.6) is 0 Å². The molecule has 1 aliphatic heterocycles. The Morgan fingerprint density at radius 2 is 1.90 bits per heavy atom. The monoisotopic (exact) mass is 435 g/mol. The normalized spacial score (nSPS) is 15.1. The molecule has 29 heavy (non-hydrogen) atoms. The summed E-state index contributed by atoms with van der Waals surface area (Å²) in [7, 11) is 1.33. The molecule has 1 amide bonds. The maximum atomic E-state index is 12.6. The van der Waals surface area contributed by atoms with Crippen LogP contribution in [-0.2, 0) is 19.1 Å². The van der Waals surface area contributed by atoms with Gasteiger partial charge in [0.2, 0.25) is 0 Å². The molecular formula is C21H25NO5S2. The molecule has 0 saturated carbocycles. The third-order valence-corrected chi connectivity index (χ3v) is 5.65. The maximum absolute atomic E-state index is 12.6. The van der Waals surface area contributed by atoms with Gasteiger partial charge in [0.1, 0.15) is 4.32 Å². The number of benzene rings is 1. The molecule has 0 unspecified atom stereocenters. The highest BCUT2D eigenvalue weighted by Gasteiger charge is 2.31. The smallest absolute Gasteiger partial charge is 0.337 e. The minimum Gasteiger partial charge on any atom is -0.466 e. The van der Waals surface area contributed by atoms with E-state index >= 15 is 0 Å². The lowest BCUT2D eigenvalue weighted by Crippen LogP contribution is -2.29. The van der Waals surface area contributed by atoms with E-state index in [-0.39, 0.29) is 18.3 Å². The van der Waals surface area contributed by atoms with E-state index in [1.54, 1.807) is 30.3 Å². The molecule has 0 N–H and O–H groups in total. The highest BCUT2D eigenvalue weighted by molar-refractivity contribution is 8.26. The van der Waals surface area contributed by atoms with Crippen LogP contribution in [0.4, 0.5) is 0 Å². The number of nitrogens with zero attached hydrogens (tertiary/aromatic N) is 1. The van der Waals surface area contributed by atoms with Crippen LogP contribution >= 0.6 is 24.0 Å². The summed E-state index contributed by atoms with van der Waals surface area (Å²) >= 11 is 6.54. The van der Waals surface area contributed by atoms with Gasteiger partial charge < -0.3 is 9.47 Å². The van der Waals surface area contributed by atoms with E-state index in [4.69, 9.17) is 17.0 Å². The van der Waals surface area contributed by atoms with Gasteiger partial charge in [-0.3, -0.25) is 14.5 Å². The second-order valence-electron chi connectivity index (χ2n) is 6.48. The first-order valence-electron chi connectivity index (χ1n) is 9.55. The molecule has 156 valence electrons. The van der Waals surface area contributed by atoms with Gasteiger partial charge >= 0.3 is 11.9 Å². The van der Waals surface area contributed by atoms with Gasteiger partial charge in [-0.2, -0.15) is 0 Å². The van der Waals surface area contributed by atoms with Crippen LogP contribution in [0.3, 0.4) is 0 Å². The Hall–Kier alpha value is -2.19. The first-order valence-corrected chi connectivity index (χ1v) is 10.8. The zero-order valence-corrected chi connectivity index (χ0v) is 18.3. The Labute approximate surface area is 180 Å². The fourth-order valence-corrected chi connectivity index (χ4v) is 3.98. The molecule has 0 radical (unpaired) electrons. The first kappa shape index (κ1) is 23.1. The Balaban J connectivity index is 1.86. The molecule has 0 aliphatic carbocycles. The summed E-state index contributed by atoms with van der Waals surface area (Å²) in [5.41, 5.74) is 1.23. The molecule has 1 saturated heterocycles. The van der Waals surface area contributed by atoms with Crippen molar-refractivity contribution in [2.24, 2.45) is 0 Å². The number of unbranched alkanes of at least 4 members (excludes halogenated alkanes) is 2. The fourth-order valence-electron chi connectivity index (χ4n) is 2.67. The molecule has 0 aromatic heterocycles. The van der Waals surface area contributed by atoms with Gasteiger partial charge in [-0.1, -0.05) is 55.9 Å². The molecular weight excluding hydrogens is 410 g/mol. The summed E-state index contributed by atoms with van der Waals surface area (Å²) in [6.07, 6.45) is 5.50. The quantitative estimate of drug-likeness (QED) is 0.236. The number of thioether (sulfide) groups is 1. The number of rotatable bonds is 10. The van der Waals surface area contributed by atoms with Crippen LogP contribution in [0.2, 0.25) is 0 Å². The van der Waals surface area contributed by atoms with Crippen LogP contribution in [0.15, 0.2) is 29.2 Å². The molecule has 1 heterocycles. The van der Waals surface area contributed by atoms with Gasteiger partial charge in [0.25, 0.3) is 5.91 Å². The number of methoxy groups -OCH3 is 1. The Morgan fingerprint density at radius 3 is 2.55 bits per heavy atom. The zero-order valence-electron chi connectivity index (χ0n) is 16.6. The van der Waals surface area contributed by atoms with E-state index < -0.39 is 5.97 Å². The molecule has 6 nitrogen and oxygen atoms in total. The molecule has 0 bridgehead atoms. The number of carbonyl (C=O) groups is 3. The number of amides is 1. The average molecular weight is 436 g/mol. The molecule has 0 spiro atoms. The van der Waals surface area contributed by atoms with Crippen molar-refractivity contribution in [3.05, 3.63) is 40.3 Å². The van der Waals surface area contributed by atoms with Gasteiger partial charge in [0, 0.05) is 13.0 Å². The second-order valence-corrected chi connectivity index (χ2v) is 8.15. The third kappa shape index (κ3) is 6.97. The van der Waals surface area contributed by atoms with Gasteiger partial charge in [-0.15, -0.1) is 0 Å². The van der Waals surface area contributed by atoms with Crippen LogP contribution in [-0.4, -0.2) is 47.3 Å². The molecule has 0 atom stereocenters. The summed E-state index contributed by atoms with van der Waals surface area (Å²) in [6, 6.07) is 6.77. The molecule has 1 aromatic rings.